The summed E-state index contributed by atoms with van der Waals surface area (Å²) < 4.78 is 33.9. The number of hydrogen-bond acceptors (Lipinski definition) is 6. The third-order valence-electron chi connectivity index (χ3n) is 6.48. The smallest absolute Gasteiger partial charge is 0.238 e. The maximum absolute atomic E-state index is 13.3. The molecule has 1 aliphatic carbocycles. The van der Waals surface area contributed by atoms with Crippen molar-refractivity contribution in [2.45, 2.75) is 37.0 Å². The van der Waals surface area contributed by atoms with Crippen molar-refractivity contribution in [3.05, 3.63) is 65.4 Å². The quantitative estimate of drug-likeness (QED) is 0.577. The van der Waals surface area contributed by atoms with E-state index < -0.39 is 15.4 Å². The van der Waals surface area contributed by atoms with Crippen molar-refractivity contribution >= 4 is 21.7 Å². The summed E-state index contributed by atoms with van der Waals surface area (Å²) in [7, 11) is -3.75. The zero-order valence-electron chi connectivity index (χ0n) is 18.2. The molecule has 0 saturated heterocycles. The molecule has 0 radical (unpaired) electrons. The van der Waals surface area contributed by atoms with Gasteiger partial charge in [-0.05, 0) is 73.2 Å². The van der Waals surface area contributed by atoms with Gasteiger partial charge in [0.1, 0.15) is 5.82 Å². The molecular formula is C24H29N3O5S. The third-order valence-corrected chi connectivity index (χ3v) is 7.41. The lowest BCUT2D eigenvalue weighted by Crippen LogP contribution is -2.28. The maximum atomic E-state index is 13.3. The molecule has 0 bridgehead atoms. The fourth-order valence-electron chi connectivity index (χ4n) is 4.14. The second kappa shape index (κ2) is 7.57. The minimum absolute atomic E-state index is 0. The maximum Gasteiger partial charge on any atom is 0.238 e. The number of nitrogens with two attached hydrogens (primary N) is 1. The first-order valence-electron chi connectivity index (χ1n) is 10.5. The summed E-state index contributed by atoms with van der Waals surface area (Å²) in [5.41, 5.74) is 3.76. The summed E-state index contributed by atoms with van der Waals surface area (Å²) in [5, 5.41) is 8.19. The van der Waals surface area contributed by atoms with Gasteiger partial charge in [-0.2, -0.15) is 0 Å². The summed E-state index contributed by atoms with van der Waals surface area (Å²) in [6, 6.07) is 12.0. The Balaban J connectivity index is 0.00000152. The predicted molar refractivity (Wildman–Crippen MR) is 129 cm³/mol. The number of carbonyl (C=O) groups excluding carboxylic acids is 1. The van der Waals surface area contributed by atoms with Crippen LogP contribution in [0.3, 0.4) is 0 Å². The molecule has 2 heterocycles. The topological polar surface area (TPSA) is 121 Å². The Labute approximate surface area is 196 Å². The number of rotatable bonds is 5. The van der Waals surface area contributed by atoms with Gasteiger partial charge in [0, 0.05) is 16.0 Å². The van der Waals surface area contributed by atoms with Gasteiger partial charge in [0.2, 0.25) is 22.7 Å². The number of nitrogens with zero attached hydrogens (tertiary/aromatic N) is 1. The van der Waals surface area contributed by atoms with E-state index in [0.29, 0.717) is 17.3 Å². The highest BCUT2D eigenvalue weighted by Gasteiger charge is 2.52. The van der Waals surface area contributed by atoms with Gasteiger partial charge in [-0.15, -0.1) is 0 Å². The van der Waals surface area contributed by atoms with Crippen LogP contribution in [0.2, 0.25) is 0 Å². The largest absolute Gasteiger partial charge is 0.454 e. The second-order valence-corrected chi connectivity index (χ2v) is 10.0. The monoisotopic (exact) mass is 471 g/mol. The number of hydrogen-bond donors (Lipinski definition) is 2. The standard InChI is InChI=1S/C24H23N3O5S.3H2/c1-14-15(2)22(26-12-19(14)16-3-6-18(7-4-16)33(25,29)30)27-23(28)24(9-10-24)17-5-8-20-21(11-17)32-13-31-20;;;/h3-8,11-12H,9-10,13H2,1-2H3,(H2,25,29,30)(H,26,27,28);3*1H. The summed E-state index contributed by atoms with van der Waals surface area (Å²) in [5.74, 6) is 1.77. The van der Waals surface area contributed by atoms with Crippen LogP contribution in [0.15, 0.2) is 53.6 Å². The average Bonchev–Trinajstić information content (AvgIpc) is 3.47. The van der Waals surface area contributed by atoms with Crippen LogP contribution in [0, 0.1) is 13.8 Å². The first-order chi connectivity index (χ1) is 15.7. The molecule has 33 heavy (non-hydrogen) atoms. The molecule has 1 amide bonds. The van der Waals surface area contributed by atoms with Crippen LogP contribution in [0.1, 0.15) is 33.8 Å². The van der Waals surface area contributed by atoms with Gasteiger partial charge in [0.15, 0.2) is 11.5 Å². The molecule has 1 saturated carbocycles. The number of primary sulfonamides is 1. The normalized spacial score (nSPS) is 15.8. The molecule has 2 aliphatic rings. The van der Waals surface area contributed by atoms with Crippen molar-refractivity contribution in [3.8, 4) is 22.6 Å². The van der Waals surface area contributed by atoms with Crippen LogP contribution >= 0.6 is 0 Å². The van der Waals surface area contributed by atoms with E-state index in [4.69, 9.17) is 14.6 Å². The van der Waals surface area contributed by atoms with Crippen molar-refractivity contribution in [3.63, 3.8) is 0 Å². The molecule has 0 unspecified atom stereocenters. The number of fused-ring (bicyclic) bond motifs is 1. The van der Waals surface area contributed by atoms with E-state index in [0.717, 1.165) is 40.7 Å². The number of amides is 1. The van der Waals surface area contributed by atoms with Crippen molar-refractivity contribution in [1.29, 1.82) is 0 Å². The molecule has 1 aliphatic heterocycles. The lowest BCUT2D eigenvalue weighted by atomic mass is 9.94. The van der Waals surface area contributed by atoms with Gasteiger partial charge in [-0.1, -0.05) is 18.2 Å². The van der Waals surface area contributed by atoms with E-state index >= 15 is 0 Å². The van der Waals surface area contributed by atoms with Crippen LogP contribution in [0.4, 0.5) is 5.82 Å². The van der Waals surface area contributed by atoms with Gasteiger partial charge < -0.3 is 14.8 Å². The van der Waals surface area contributed by atoms with Crippen molar-refractivity contribution in [1.82, 2.24) is 4.98 Å². The fraction of sp³-hybridized carbons (Fsp3) is 0.250. The molecule has 5 rings (SSSR count). The first kappa shape index (κ1) is 21.4. The Hall–Kier alpha value is -3.43. The van der Waals surface area contributed by atoms with Crippen LogP contribution in [-0.2, 0) is 20.2 Å². The van der Waals surface area contributed by atoms with E-state index in [-0.39, 0.29) is 21.9 Å². The molecule has 8 nitrogen and oxygen atoms in total. The molecule has 3 aromatic rings. The number of sulfonamides is 1. The van der Waals surface area contributed by atoms with Gasteiger partial charge in [-0.25, -0.2) is 18.5 Å². The molecule has 3 N–H and O–H groups in total. The third kappa shape index (κ3) is 3.73. The molecule has 176 valence electrons. The first-order valence-corrected chi connectivity index (χ1v) is 12.0. The van der Waals surface area contributed by atoms with E-state index in [1.54, 1.807) is 18.3 Å². The lowest BCUT2D eigenvalue weighted by Gasteiger charge is -2.18. The van der Waals surface area contributed by atoms with E-state index in [1.807, 2.05) is 32.0 Å². The molecule has 1 fully saturated rings. The highest BCUT2D eigenvalue weighted by Crippen LogP contribution is 2.51. The van der Waals surface area contributed by atoms with Gasteiger partial charge in [-0.3, -0.25) is 4.79 Å². The highest BCUT2D eigenvalue weighted by molar-refractivity contribution is 7.89. The fourth-order valence-corrected chi connectivity index (χ4v) is 4.65. The molecular weight excluding hydrogens is 442 g/mol. The van der Waals surface area contributed by atoms with E-state index in [1.165, 1.54) is 12.1 Å². The number of anilines is 1. The van der Waals surface area contributed by atoms with Crippen molar-refractivity contribution in [2.75, 3.05) is 12.1 Å². The average molecular weight is 472 g/mol. The Kier molecular flexibility index (Phi) is 4.91. The second-order valence-electron chi connectivity index (χ2n) is 8.44. The van der Waals surface area contributed by atoms with Crippen LogP contribution in [0.25, 0.3) is 11.1 Å². The van der Waals surface area contributed by atoms with Crippen molar-refractivity contribution < 1.29 is 27.0 Å². The van der Waals surface area contributed by atoms with E-state index in [9.17, 15) is 13.2 Å². The number of ether oxygens (including phenoxy) is 2. The highest BCUT2D eigenvalue weighted by atomic mass is 32.2. The zero-order valence-corrected chi connectivity index (χ0v) is 19.0. The van der Waals surface area contributed by atoms with Crippen LogP contribution in [0.5, 0.6) is 11.5 Å². The van der Waals surface area contributed by atoms with Gasteiger partial charge in [0.25, 0.3) is 0 Å². The molecule has 0 atom stereocenters. The Morgan fingerprint density at radius 3 is 2.42 bits per heavy atom. The summed E-state index contributed by atoms with van der Waals surface area (Å²) in [6.45, 7) is 4.04. The SMILES string of the molecule is Cc1c(-c2ccc(S(N)(=O)=O)cc2)cnc(NC(=O)C2(c3ccc4c(c3)OCO4)CC2)c1C.[HH].[HH].[HH]. The van der Waals surface area contributed by atoms with E-state index in [2.05, 4.69) is 10.3 Å². The molecule has 9 heteroatoms. The summed E-state index contributed by atoms with van der Waals surface area (Å²) in [6.07, 6.45) is 3.19. The Morgan fingerprint density at radius 2 is 1.76 bits per heavy atom. The van der Waals surface area contributed by atoms with Crippen LogP contribution in [-0.4, -0.2) is 26.1 Å². The number of carbonyl (C=O) groups is 1. The Bertz CT molecular complexity index is 1390. The Morgan fingerprint density at radius 1 is 1.06 bits per heavy atom. The summed E-state index contributed by atoms with van der Waals surface area (Å²) in [4.78, 5) is 17.8. The minimum atomic E-state index is -3.75. The van der Waals surface area contributed by atoms with Crippen LogP contribution < -0.4 is 19.9 Å². The molecule has 0 spiro atoms. The molecule has 2 aromatic carbocycles. The number of pyridine rings is 1. The summed E-state index contributed by atoms with van der Waals surface area (Å²) >= 11 is 0. The number of benzene rings is 2. The van der Waals surface area contributed by atoms with Gasteiger partial charge in [0.05, 0.1) is 10.3 Å². The zero-order chi connectivity index (χ0) is 23.4. The number of nitrogens with one attached hydrogen (secondary N) is 1. The molecule has 1 aromatic heterocycles. The predicted octanol–water partition coefficient (Wildman–Crippen LogP) is 4.15. The van der Waals surface area contributed by atoms with Gasteiger partial charge >= 0.3 is 0 Å². The van der Waals surface area contributed by atoms with Crippen molar-refractivity contribution in [2.24, 2.45) is 5.14 Å². The number of aromatic nitrogens is 1. The lowest BCUT2D eigenvalue weighted by molar-refractivity contribution is -0.118. The minimum Gasteiger partial charge on any atom is -0.454 e.